The van der Waals surface area contributed by atoms with Crippen molar-refractivity contribution in [1.82, 2.24) is 10.2 Å². The summed E-state index contributed by atoms with van der Waals surface area (Å²) in [5.74, 6) is 1.91. The van der Waals surface area contributed by atoms with Crippen molar-refractivity contribution in [1.29, 1.82) is 0 Å². The Morgan fingerprint density at radius 3 is 3.00 bits per heavy atom. The minimum atomic E-state index is -0.312. The lowest BCUT2D eigenvalue weighted by molar-refractivity contribution is -0.132. The summed E-state index contributed by atoms with van der Waals surface area (Å²) in [6, 6.07) is 8.47. The fourth-order valence-electron chi connectivity index (χ4n) is 5.29. The molecular weight excluding hydrogens is 340 g/mol. The second-order valence-electron chi connectivity index (χ2n) is 8.59. The molecule has 2 bridgehead atoms. The van der Waals surface area contributed by atoms with E-state index in [9.17, 15) is 9.59 Å². The van der Waals surface area contributed by atoms with Gasteiger partial charge in [0.25, 0.3) is 0 Å². The predicted octanol–water partition coefficient (Wildman–Crippen LogP) is 3.07. The van der Waals surface area contributed by atoms with Crippen LogP contribution in [0.4, 0.5) is 0 Å². The molecule has 1 aliphatic carbocycles. The first kappa shape index (κ1) is 18.3. The summed E-state index contributed by atoms with van der Waals surface area (Å²) in [5.41, 5.74) is 0.828. The van der Waals surface area contributed by atoms with E-state index in [2.05, 4.69) is 16.3 Å². The third-order valence-electron chi connectivity index (χ3n) is 6.70. The van der Waals surface area contributed by atoms with Crippen LogP contribution in [0.15, 0.2) is 24.3 Å². The van der Waals surface area contributed by atoms with Crippen LogP contribution in [0.5, 0.6) is 5.75 Å². The Labute approximate surface area is 161 Å². The van der Waals surface area contributed by atoms with Gasteiger partial charge in [-0.1, -0.05) is 18.6 Å². The van der Waals surface area contributed by atoms with Crippen LogP contribution in [0.25, 0.3) is 0 Å². The fraction of sp³-hybridized carbons (Fsp3) is 0.636. The van der Waals surface area contributed by atoms with E-state index in [0.29, 0.717) is 31.2 Å². The number of fused-ring (bicyclic) bond motifs is 2. The predicted molar refractivity (Wildman–Crippen MR) is 103 cm³/mol. The molecule has 2 saturated heterocycles. The maximum absolute atomic E-state index is 12.9. The zero-order valence-electron chi connectivity index (χ0n) is 16.2. The molecule has 0 aromatic heterocycles. The van der Waals surface area contributed by atoms with Crippen molar-refractivity contribution in [2.75, 3.05) is 13.7 Å². The third kappa shape index (κ3) is 3.97. The Hall–Kier alpha value is -2.04. The lowest BCUT2D eigenvalue weighted by atomic mass is 9.84. The second kappa shape index (κ2) is 7.53. The minimum Gasteiger partial charge on any atom is -0.497 e. The van der Waals surface area contributed by atoms with Gasteiger partial charge < -0.3 is 15.0 Å². The van der Waals surface area contributed by atoms with Gasteiger partial charge in [-0.3, -0.25) is 9.59 Å². The molecule has 2 amide bonds. The maximum atomic E-state index is 12.9. The van der Waals surface area contributed by atoms with Crippen molar-refractivity contribution in [2.45, 2.75) is 69.4 Å². The molecule has 2 aliphatic heterocycles. The van der Waals surface area contributed by atoms with Gasteiger partial charge in [0.1, 0.15) is 5.75 Å². The van der Waals surface area contributed by atoms with Crippen molar-refractivity contribution >= 4 is 11.8 Å². The van der Waals surface area contributed by atoms with E-state index in [-0.39, 0.29) is 17.4 Å². The zero-order chi connectivity index (χ0) is 18.9. The summed E-state index contributed by atoms with van der Waals surface area (Å²) in [6.45, 7) is 0.943. The van der Waals surface area contributed by atoms with Crippen molar-refractivity contribution in [3.05, 3.63) is 29.8 Å². The Kier molecular flexibility index (Phi) is 5.11. The third-order valence-corrected chi connectivity index (χ3v) is 6.70. The van der Waals surface area contributed by atoms with Crippen LogP contribution in [0.3, 0.4) is 0 Å². The topological polar surface area (TPSA) is 58.6 Å². The van der Waals surface area contributed by atoms with E-state index in [1.54, 1.807) is 7.11 Å². The molecule has 146 valence electrons. The number of nitrogens with zero attached hydrogens (tertiary/aromatic N) is 1. The SMILES string of the molecule is COc1cccc(CC2(CCC(=O)N3CC4CCCC3C4)CCC(=O)N2)c1. The number of ether oxygens (including phenoxy) is 1. The van der Waals surface area contributed by atoms with Crippen molar-refractivity contribution < 1.29 is 14.3 Å². The second-order valence-corrected chi connectivity index (χ2v) is 8.59. The highest BCUT2D eigenvalue weighted by Crippen LogP contribution is 2.37. The van der Waals surface area contributed by atoms with E-state index in [1.165, 1.54) is 19.3 Å². The highest BCUT2D eigenvalue weighted by atomic mass is 16.5. The summed E-state index contributed by atoms with van der Waals surface area (Å²) in [5, 5.41) is 3.20. The molecule has 5 nitrogen and oxygen atoms in total. The number of likely N-dealkylation sites (tertiary alicyclic amines) is 1. The molecule has 4 rings (SSSR count). The number of carbonyl (C=O) groups excluding carboxylic acids is 2. The molecule has 2 heterocycles. The molecular formula is C22H30N2O3. The molecule has 5 heteroatoms. The van der Waals surface area contributed by atoms with Gasteiger partial charge in [0, 0.05) is 31.0 Å². The van der Waals surface area contributed by atoms with Crippen LogP contribution in [0, 0.1) is 5.92 Å². The first-order chi connectivity index (χ1) is 13.1. The van der Waals surface area contributed by atoms with E-state index in [4.69, 9.17) is 4.74 Å². The number of benzene rings is 1. The molecule has 0 spiro atoms. The summed E-state index contributed by atoms with van der Waals surface area (Å²) in [6.07, 6.45) is 8.21. The van der Waals surface area contributed by atoms with Crippen molar-refractivity contribution in [3.63, 3.8) is 0 Å². The van der Waals surface area contributed by atoms with Gasteiger partial charge >= 0.3 is 0 Å². The molecule has 3 atom stereocenters. The quantitative estimate of drug-likeness (QED) is 0.837. The Morgan fingerprint density at radius 2 is 2.26 bits per heavy atom. The average molecular weight is 370 g/mol. The smallest absolute Gasteiger partial charge is 0.222 e. The first-order valence-corrected chi connectivity index (χ1v) is 10.3. The summed E-state index contributed by atoms with van der Waals surface area (Å²) in [4.78, 5) is 27.0. The van der Waals surface area contributed by atoms with Crippen LogP contribution in [-0.4, -0.2) is 41.9 Å². The van der Waals surface area contributed by atoms with Gasteiger partial charge in [-0.05, 0) is 62.1 Å². The zero-order valence-corrected chi connectivity index (χ0v) is 16.2. The lowest BCUT2D eigenvalue weighted by Gasteiger charge is -2.31. The molecule has 3 fully saturated rings. The molecule has 3 aliphatic rings. The number of methoxy groups -OCH3 is 1. The molecule has 0 radical (unpaired) electrons. The number of rotatable bonds is 6. The molecule has 1 N–H and O–H groups in total. The van der Waals surface area contributed by atoms with Crippen LogP contribution < -0.4 is 10.1 Å². The molecule has 3 unspecified atom stereocenters. The monoisotopic (exact) mass is 370 g/mol. The van der Waals surface area contributed by atoms with Gasteiger partial charge in [-0.25, -0.2) is 0 Å². The number of amides is 2. The lowest BCUT2D eigenvalue weighted by Crippen LogP contribution is -2.45. The van der Waals surface area contributed by atoms with Gasteiger partial charge in [-0.2, -0.15) is 0 Å². The molecule has 27 heavy (non-hydrogen) atoms. The number of hydrogen-bond acceptors (Lipinski definition) is 3. The van der Waals surface area contributed by atoms with Crippen LogP contribution in [-0.2, 0) is 16.0 Å². The van der Waals surface area contributed by atoms with E-state index in [0.717, 1.165) is 37.1 Å². The molecule has 1 aromatic carbocycles. The first-order valence-electron chi connectivity index (χ1n) is 10.3. The van der Waals surface area contributed by atoms with Gasteiger partial charge in [0.15, 0.2) is 0 Å². The average Bonchev–Trinajstić information content (AvgIpc) is 3.19. The van der Waals surface area contributed by atoms with Crippen LogP contribution in [0.1, 0.15) is 56.9 Å². The van der Waals surface area contributed by atoms with Gasteiger partial charge in [0.05, 0.1) is 7.11 Å². The number of carbonyl (C=O) groups is 2. The maximum Gasteiger partial charge on any atom is 0.222 e. The largest absolute Gasteiger partial charge is 0.497 e. The Bertz CT molecular complexity index is 719. The fourth-order valence-corrected chi connectivity index (χ4v) is 5.29. The molecule has 1 aromatic rings. The normalized spacial score (nSPS) is 29.7. The van der Waals surface area contributed by atoms with Crippen LogP contribution >= 0.6 is 0 Å². The Morgan fingerprint density at radius 1 is 1.37 bits per heavy atom. The highest BCUT2D eigenvalue weighted by molar-refractivity contribution is 5.80. The molecule has 1 saturated carbocycles. The van der Waals surface area contributed by atoms with Crippen molar-refractivity contribution in [3.8, 4) is 5.75 Å². The van der Waals surface area contributed by atoms with Gasteiger partial charge in [0.2, 0.25) is 11.8 Å². The van der Waals surface area contributed by atoms with E-state index >= 15 is 0 Å². The standard InChI is InChI=1S/C22H30N2O3/c1-27-19-7-3-4-16(13-19)14-22(10-8-20(25)23-22)11-9-21(26)24-15-17-5-2-6-18(24)12-17/h3-4,7,13,17-18H,2,5-6,8-12,14-15H2,1H3,(H,23,25). The highest BCUT2D eigenvalue weighted by Gasteiger charge is 2.41. The summed E-state index contributed by atoms with van der Waals surface area (Å²) >= 11 is 0. The number of nitrogens with one attached hydrogen (secondary N) is 1. The summed E-state index contributed by atoms with van der Waals surface area (Å²) < 4.78 is 5.33. The van der Waals surface area contributed by atoms with E-state index in [1.807, 2.05) is 18.2 Å². The Balaban J connectivity index is 1.43. The van der Waals surface area contributed by atoms with Crippen LogP contribution in [0.2, 0.25) is 0 Å². The summed E-state index contributed by atoms with van der Waals surface area (Å²) in [7, 11) is 1.66. The minimum absolute atomic E-state index is 0.0994. The van der Waals surface area contributed by atoms with Gasteiger partial charge in [-0.15, -0.1) is 0 Å². The number of hydrogen-bond donors (Lipinski definition) is 1. The van der Waals surface area contributed by atoms with E-state index < -0.39 is 0 Å². The van der Waals surface area contributed by atoms with Crippen molar-refractivity contribution in [2.24, 2.45) is 5.92 Å².